The molecule has 0 amide bonds. The molecule has 2 aromatic heterocycles. The zero-order valence-corrected chi connectivity index (χ0v) is 15.4. The summed E-state index contributed by atoms with van der Waals surface area (Å²) in [6.45, 7) is 2.79. The number of fused-ring (bicyclic) bond motifs is 1. The molecular formula is C18H21F3N6O. The molecule has 0 aromatic carbocycles. The van der Waals surface area contributed by atoms with Gasteiger partial charge in [0.25, 0.3) is 0 Å². The van der Waals surface area contributed by atoms with Gasteiger partial charge < -0.3 is 20.3 Å². The van der Waals surface area contributed by atoms with Gasteiger partial charge in [-0.1, -0.05) is 0 Å². The minimum Gasteiger partial charge on any atom is -0.481 e. The van der Waals surface area contributed by atoms with Crippen LogP contribution in [-0.4, -0.2) is 47.7 Å². The maximum Gasteiger partial charge on any atom is 0.421 e. The van der Waals surface area contributed by atoms with E-state index in [2.05, 4.69) is 25.6 Å². The Labute approximate surface area is 160 Å². The van der Waals surface area contributed by atoms with E-state index in [9.17, 15) is 13.2 Å². The lowest BCUT2D eigenvalue weighted by Gasteiger charge is -2.31. The predicted octanol–water partition coefficient (Wildman–Crippen LogP) is 2.24. The van der Waals surface area contributed by atoms with E-state index in [1.807, 2.05) is 4.90 Å². The monoisotopic (exact) mass is 394 g/mol. The molecule has 2 aliphatic heterocycles. The summed E-state index contributed by atoms with van der Waals surface area (Å²) in [4.78, 5) is 14.5. The Hall–Kier alpha value is -2.62. The highest BCUT2D eigenvalue weighted by Crippen LogP contribution is 2.38. The second-order valence-corrected chi connectivity index (χ2v) is 6.90. The third kappa shape index (κ3) is 3.68. The number of aromatic nitrogens is 3. The SMILES string of the molecule is COc1ncc(N2CCc3ncnc(N[C@H]4CCNC4)c3C2)cc1C(F)(F)F. The number of methoxy groups -OCH3 is 1. The molecule has 0 spiro atoms. The van der Waals surface area contributed by atoms with Gasteiger partial charge in [-0.3, -0.25) is 0 Å². The molecule has 28 heavy (non-hydrogen) atoms. The maximum absolute atomic E-state index is 13.3. The molecule has 1 saturated heterocycles. The maximum atomic E-state index is 13.3. The highest BCUT2D eigenvalue weighted by Gasteiger charge is 2.36. The van der Waals surface area contributed by atoms with Crippen molar-refractivity contribution in [3.05, 3.63) is 35.4 Å². The van der Waals surface area contributed by atoms with Crippen molar-refractivity contribution in [3.63, 3.8) is 0 Å². The molecule has 0 aliphatic carbocycles. The minimum atomic E-state index is -4.53. The molecule has 0 unspecified atom stereocenters. The van der Waals surface area contributed by atoms with Crippen LogP contribution in [0.3, 0.4) is 0 Å². The normalized spacial score (nSPS) is 19.4. The molecule has 10 heteroatoms. The topological polar surface area (TPSA) is 75.2 Å². The van der Waals surface area contributed by atoms with Gasteiger partial charge in [-0.2, -0.15) is 13.2 Å². The van der Waals surface area contributed by atoms with Crippen molar-refractivity contribution in [2.75, 3.05) is 37.0 Å². The second-order valence-electron chi connectivity index (χ2n) is 6.90. The highest BCUT2D eigenvalue weighted by molar-refractivity contribution is 5.56. The number of pyridine rings is 1. The van der Waals surface area contributed by atoms with E-state index < -0.39 is 17.6 Å². The molecule has 4 rings (SSSR count). The van der Waals surface area contributed by atoms with Crippen molar-refractivity contribution >= 4 is 11.5 Å². The smallest absolute Gasteiger partial charge is 0.421 e. The Morgan fingerprint density at radius 1 is 1.29 bits per heavy atom. The van der Waals surface area contributed by atoms with E-state index >= 15 is 0 Å². The van der Waals surface area contributed by atoms with Crippen LogP contribution in [0, 0.1) is 0 Å². The van der Waals surface area contributed by atoms with Crippen molar-refractivity contribution in [3.8, 4) is 5.88 Å². The van der Waals surface area contributed by atoms with Crippen molar-refractivity contribution in [2.24, 2.45) is 0 Å². The van der Waals surface area contributed by atoms with Gasteiger partial charge in [0.2, 0.25) is 5.88 Å². The fraction of sp³-hybridized carbons (Fsp3) is 0.500. The zero-order chi connectivity index (χ0) is 19.7. The summed E-state index contributed by atoms with van der Waals surface area (Å²) in [5, 5.41) is 6.73. The molecule has 7 nitrogen and oxygen atoms in total. The average molecular weight is 394 g/mol. The quantitative estimate of drug-likeness (QED) is 0.824. The molecular weight excluding hydrogens is 373 g/mol. The van der Waals surface area contributed by atoms with Crippen molar-refractivity contribution in [1.82, 2.24) is 20.3 Å². The summed E-state index contributed by atoms with van der Waals surface area (Å²) in [7, 11) is 1.18. The fourth-order valence-corrected chi connectivity index (χ4v) is 3.64. The molecule has 4 heterocycles. The summed E-state index contributed by atoms with van der Waals surface area (Å²) in [5.41, 5.74) is 1.37. The van der Waals surface area contributed by atoms with E-state index in [0.29, 0.717) is 25.2 Å². The molecule has 0 bridgehead atoms. The minimum absolute atomic E-state index is 0.286. The van der Waals surface area contributed by atoms with Crippen LogP contribution >= 0.6 is 0 Å². The average Bonchev–Trinajstić information content (AvgIpc) is 3.20. The number of ether oxygens (including phenoxy) is 1. The zero-order valence-electron chi connectivity index (χ0n) is 15.4. The Morgan fingerprint density at radius 3 is 2.86 bits per heavy atom. The van der Waals surface area contributed by atoms with Crippen molar-refractivity contribution in [1.29, 1.82) is 0 Å². The number of hydrogen-bond acceptors (Lipinski definition) is 7. The van der Waals surface area contributed by atoms with Gasteiger partial charge in [-0.05, 0) is 19.0 Å². The lowest BCUT2D eigenvalue weighted by Crippen LogP contribution is -2.33. The number of alkyl halides is 3. The first-order chi connectivity index (χ1) is 13.5. The van der Waals surface area contributed by atoms with Crippen LogP contribution < -0.4 is 20.3 Å². The van der Waals surface area contributed by atoms with Gasteiger partial charge >= 0.3 is 6.18 Å². The summed E-state index contributed by atoms with van der Waals surface area (Å²) in [5.74, 6) is 0.328. The van der Waals surface area contributed by atoms with Crippen molar-refractivity contribution < 1.29 is 17.9 Å². The van der Waals surface area contributed by atoms with E-state index in [-0.39, 0.29) is 6.04 Å². The van der Waals surface area contributed by atoms with Crippen LogP contribution in [0.4, 0.5) is 24.7 Å². The summed E-state index contributed by atoms with van der Waals surface area (Å²) >= 11 is 0. The fourth-order valence-electron chi connectivity index (χ4n) is 3.64. The van der Waals surface area contributed by atoms with Gasteiger partial charge in [0.15, 0.2) is 0 Å². The van der Waals surface area contributed by atoms with E-state index in [1.54, 1.807) is 0 Å². The lowest BCUT2D eigenvalue weighted by atomic mass is 10.0. The number of halogens is 3. The number of hydrogen-bond donors (Lipinski definition) is 2. The summed E-state index contributed by atoms with van der Waals surface area (Å²) in [6, 6.07) is 1.38. The Balaban J connectivity index is 1.62. The number of anilines is 2. The molecule has 0 radical (unpaired) electrons. The third-order valence-corrected chi connectivity index (χ3v) is 5.10. The first-order valence-corrected chi connectivity index (χ1v) is 9.12. The van der Waals surface area contributed by atoms with Crippen molar-refractivity contribution in [2.45, 2.75) is 31.6 Å². The first-order valence-electron chi connectivity index (χ1n) is 9.12. The second kappa shape index (κ2) is 7.42. The van der Waals surface area contributed by atoms with Gasteiger partial charge in [0.05, 0.1) is 24.7 Å². The number of nitrogens with one attached hydrogen (secondary N) is 2. The standard InChI is InChI=1S/C18H21F3N6O/c1-28-17-14(18(19,20)21)6-12(8-23-17)27-5-3-15-13(9-27)16(25-10-24-15)26-11-2-4-22-7-11/h6,8,10-11,22H,2-5,7,9H2,1H3,(H,24,25,26)/t11-/m0/s1. The largest absolute Gasteiger partial charge is 0.481 e. The Kier molecular flexibility index (Phi) is 4.96. The van der Waals surface area contributed by atoms with Crippen LogP contribution in [0.1, 0.15) is 23.2 Å². The molecule has 2 aromatic rings. The number of rotatable bonds is 4. The number of nitrogens with zero attached hydrogens (tertiary/aromatic N) is 4. The molecule has 1 fully saturated rings. The van der Waals surface area contributed by atoms with Crippen LogP contribution in [0.2, 0.25) is 0 Å². The highest BCUT2D eigenvalue weighted by atomic mass is 19.4. The van der Waals surface area contributed by atoms with Gasteiger partial charge in [0, 0.05) is 37.7 Å². The van der Waals surface area contributed by atoms with Crippen LogP contribution in [0.15, 0.2) is 18.6 Å². The van der Waals surface area contributed by atoms with Gasteiger partial charge in [-0.25, -0.2) is 15.0 Å². The molecule has 1 atom stereocenters. The van der Waals surface area contributed by atoms with Gasteiger partial charge in [-0.15, -0.1) is 0 Å². The Morgan fingerprint density at radius 2 is 2.14 bits per heavy atom. The van der Waals surface area contributed by atoms with Crippen LogP contribution in [-0.2, 0) is 19.1 Å². The van der Waals surface area contributed by atoms with Crippen LogP contribution in [0.5, 0.6) is 5.88 Å². The summed E-state index contributed by atoms with van der Waals surface area (Å²) in [6.07, 6.45) is 0.0444. The van der Waals surface area contributed by atoms with E-state index in [4.69, 9.17) is 4.74 Å². The molecule has 150 valence electrons. The first kappa shape index (κ1) is 18.7. The summed E-state index contributed by atoms with van der Waals surface area (Å²) < 4.78 is 44.8. The van der Waals surface area contributed by atoms with Crippen LogP contribution in [0.25, 0.3) is 0 Å². The van der Waals surface area contributed by atoms with E-state index in [0.717, 1.165) is 42.7 Å². The molecule has 0 saturated carbocycles. The van der Waals surface area contributed by atoms with Gasteiger partial charge in [0.1, 0.15) is 17.7 Å². The van der Waals surface area contributed by atoms with E-state index in [1.165, 1.54) is 19.6 Å². The molecule has 2 N–H and O–H groups in total. The molecule has 2 aliphatic rings. The lowest BCUT2D eigenvalue weighted by molar-refractivity contribution is -0.139. The Bertz CT molecular complexity index is 854. The third-order valence-electron chi connectivity index (χ3n) is 5.10. The predicted molar refractivity (Wildman–Crippen MR) is 97.5 cm³/mol.